The number of nitrogens with one attached hydrogen (secondary N) is 2. The zero-order valence-electron chi connectivity index (χ0n) is 8.12. The van der Waals surface area contributed by atoms with Gasteiger partial charge in [0.05, 0.1) is 0 Å². The molecule has 0 spiro atoms. The Hall–Kier alpha value is -0.870. The number of hydrogen-bond acceptors (Lipinski definition) is 3. The van der Waals surface area contributed by atoms with Crippen molar-refractivity contribution >= 4 is 32.0 Å². The molecule has 0 unspecified atom stereocenters. The Morgan fingerprint density at radius 3 is 2.53 bits per heavy atom. The number of halogens is 4. The van der Waals surface area contributed by atoms with Gasteiger partial charge in [-0.3, -0.25) is 4.72 Å². The monoisotopic (exact) mass is 333 g/mol. The molecule has 1 aromatic heterocycles. The van der Waals surface area contributed by atoms with Gasteiger partial charge in [-0.25, -0.2) is 4.98 Å². The molecular formula is C7H7BrF3N3O2S. The van der Waals surface area contributed by atoms with Gasteiger partial charge in [0.1, 0.15) is 17.0 Å². The van der Waals surface area contributed by atoms with Crippen molar-refractivity contribution in [1.29, 1.82) is 0 Å². The highest BCUT2D eigenvalue weighted by atomic mass is 79.9. The Kier molecular flexibility index (Phi) is 4.33. The average Bonchev–Trinajstić information content (AvgIpc) is 2.13. The predicted octanol–water partition coefficient (Wildman–Crippen LogP) is 1.65. The van der Waals surface area contributed by atoms with Gasteiger partial charge in [-0.1, -0.05) is 6.07 Å². The van der Waals surface area contributed by atoms with Crippen LogP contribution in [0.3, 0.4) is 0 Å². The number of aromatic nitrogens is 1. The van der Waals surface area contributed by atoms with Crippen LogP contribution in [-0.4, -0.2) is 26.1 Å². The van der Waals surface area contributed by atoms with Gasteiger partial charge in [-0.15, -0.1) is 0 Å². The van der Waals surface area contributed by atoms with Gasteiger partial charge in [0, 0.05) is 0 Å². The predicted molar refractivity (Wildman–Crippen MR) is 58.5 cm³/mol. The number of pyridine rings is 1. The van der Waals surface area contributed by atoms with Crippen molar-refractivity contribution in [3.63, 3.8) is 0 Å². The maximum Gasteiger partial charge on any atom is 0.402 e. The Labute approximate surface area is 104 Å². The summed E-state index contributed by atoms with van der Waals surface area (Å²) in [6.07, 6.45) is -4.61. The van der Waals surface area contributed by atoms with Crippen LogP contribution < -0.4 is 9.44 Å². The molecule has 0 radical (unpaired) electrons. The molecule has 10 heteroatoms. The molecule has 2 N–H and O–H groups in total. The summed E-state index contributed by atoms with van der Waals surface area (Å²) in [5.74, 6) is -0.0888. The van der Waals surface area contributed by atoms with E-state index in [1.807, 2.05) is 4.72 Å². The summed E-state index contributed by atoms with van der Waals surface area (Å²) in [6, 6.07) is 4.33. The molecule has 1 rings (SSSR count). The lowest BCUT2D eigenvalue weighted by Crippen LogP contribution is -2.37. The Bertz CT molecular complexity index is 491. The molecular weight excluding hydrogens is 327 g/mol. The third-order valence-electron chi connectivity index (χ3n) is 1.42. The highest BCUT2D eigenvalue weighted by Crippen LogP contribution is 2.14. The molecule has 0 fully saturated rings. The Balaban J connectivity index is 2.67. The van der Waals surface area contributed by atoms with Crippen molar-refractivity contribution in [2.75, 3.05) is 11.3 Å². The lowest BCUT2D eigenvalue weighted by Gasteiger charge is -2.10. The number of anilines is 1. The minimum Gasteiger partial charge on any atom is -0.255 e. The van der Waals surface area contributed by atoms with Gasteiger partial charge < -0.3 is 0 Å². The normalized spacial score (nSPS) is 12.5. The second kappa shape index (κ2) is 5.19. The third-order valence-corrected chi connectivity index (χ3v) is 2.86. The summed E-state index contributed by atoms with van der Waals surface area (Å²) in [5.41, 5.74) is 0. The zero-order valence-corrected chi connectivity index (χ0v) is 10.5. The molecule has 5 nitrogen and oxygen atoms in total. The van der Waals surface area contributed by atoms with Crippen LogP contribution in [0.5, 0.6) is 0 Å². The summed E-state index contributed by atoms with van der Waals surface area (Å²) in [4.78, 5) is 3.71. The quantitative estimate of drug-likeness (QED) is 0.823. The second-order valence-electron chi connectivity index (χ2n) is 2.89. The van der Waals surface area contributed by atoms with E-state index in [2.05, 4.69) is 20.9 Å². The van der Waals surface area contributed by atoms with E-state index in [0.29, 0.717) is 4.60 Å². The first-order chi connectivity index (χ1) is 7.68. The van der Waals surface area contributed by atoms with Crippen LogP contribution in [0.1, 0.15) is 0 Å². The fraction of sp³-hybridized carbons (Fsp3) is 0.286. The topological polar surface area (TPSA) is 71.1 Å². The second-order valence-corrected chi connectivity index (χ2v) is 5.20. The fourth-order valence-electron chi connectivity index (χ4n) is 0.816. The number of nitrogens with zero attached hydrogens (tertiary/aromatic N) is 1. The number of alkyl halides is 3. The van der Waals surface area contributed by atoms with Crippen molar-refractivity contribution in [2.24, 2.45) is 0 Å². The van der Waals surface area contributed by atoms with Crippen LogP contribution in [0.15, 0.2) is 22.8 Å². The van der Waals surface area contributed by atoms with E-state index in [1.165, 1.54) is 16.9 Å². The van der Waals surface area contributed by atoms with Crippen molar-refractivity contribution in [3.8, 4) is 0 Å². The van der Waals surface area contributed by atoms with Gasteiger partial charge in [-0.2, -0.15) is 26.3 Å². The molecule has 0 aromatic carbocycles. The van der Waals surface area contributed by atoms with E-state index in [0.717, 1.165) is 0 Å². The molecule has 0 aliphatic rings. The van der Waals surface area contributed by atoms with Gasteiger partial charge in [0.25, 0.3) is 0 Å². The largest absolute Gasteiger partial charge is 0.402 e. The van der Waals surface area contributed by atoms with Gasteiger partial charge in [0.15, 0.2) is 0 Å². The Morgan fingerprint density at radius 1 is 1.35 bits per heavy atom. The first-order valence-corrected chi connectivity index (χ1v) is 6.42. The molecule has 0 atom stereocenters. The van der Waals surface area contributed by atoms with Crippen molar-refractivity contribution in [1.82, 2.24) is 9.71 Å². The van der Waals surface area contributed by atoms with Crippen LogP contribution in [0, 0.1) is 0 Å². The molecule has 1 aromatic rings. The average molecular weight is 334 g/mol. The summed E-state index contributed by atoms with van der Waals surface area (Å²) >= 11 is 2.99. The number of rotatable bonds is 4. The van der Waals surface area contributed by atoms with Crippen molar-refractivity contribution < 1.29 is 21.6 Å². The highest BCUT2D eigenvalue weighted by molar-refractivity contribution is 9.10. The third kappa shape index (κ3) is 5.84. The SMILES string of the molecule is O=S(=O)(NCC(F)(F)F)Nc1cccc(Br)n1. The molecule has 0 bridgehead atoms. The molecule has 0 aliphatic heterocycles. The van der Waals surface area contributed by atoms with Gasteiger partial charge in [-0.05, 0) is 28.1 Å². The maximum atomic E-state index is 11.8. The van der Waals surface area contributed by atoms with E-state index in [9.17, 15) is 21.6 Å². The van der Waals surface area contributed by atoms with E-state index >= 15 is 0 Å². The van der Waals surface area contributed by atoms with Crippen LogP contribution in [-0.2, 0) is 10.2 Å². The first kappa shape index (κ1) is 14.2. The van der Waals surface area contributed by atoms with E-state index in [-0.39, 0.29) is 5.82 Å². The molecule has 96 valence electrons. The van der Waals surface area contributed by atoms with Crippen LogP contribution in [0.4, 0.5) is 19.0 Å². The molecule has 17 heavy (non-hydrogen) atoms. The van der Waals surface area contributed by atoms with Gasteiger partial charge >= 0.3 is 16.4 Å². The minimum absolute atomic E-state index is 0.0888. The molecule has 0 amide bonds. The highest BCUT2D eigenvalue weighted by Gasteiger charge is 2.29. The molecule has 0 aliphatic carbocycles. The lowest BCUT2D eigenvalue weighted by atomic mass is 10.5. The maximum absolute atomic E-state index is 11.8. The van der Waals surface area contributed by atoms with Crippen molar-refractivity contribution in [3.05, 3.63) is 22.8 Å². The first-order valence-electron chi connectivity index (χ1n) is 4.15. The fourth-order valence-corrected chi connectivity index (χ4v) is 1.97. The molecule has 0 saturated carbocycles. The van der Waals surface area contributed by atoms with Crippen LogP contribution >= 0.6 is 15.9 Å². The van der Waals surface area contributed by atoms with Crippen LogP contribution in [0.25, 0.3) is 0 Å². The summed E-state index contributed by atoms with van der Waals surface area (Å²) < 4.78 is 61.3. The van der Waals surface area contributed by atoms with E-state index in [4.69, 9.17) is 0 Å². The Morgan fingerprint density at radius 2 is 2.00 bits per heavy atom. The van der Waals surface area contributed by atoms with E-state index < -0.39 is 22.9 Å². The zero-order chi connectivity index (χ0) is 13.1. The standard InChI is InChI=1S/C7H7BrF3N3O2S/c8-5-2-1-3-6(13-5)14-17(15,16)12-4-7(9,10)11/h1-3,12H,4H2,(H,13,14). The lowest BCUT2D eigenvalue weighted by molar-refractivity contribution is -0.121. The van der Waals surface area contributed by atoms with Crippen LogP contribution in [0.2, 0.25) is 0 Å². The van der Waals surface area contributed by atoms with E-state index in [1.54, 1.807) is 6.07 Å². The van der Waals surface area contributed by atoms with Crippen molar-refractivity contribution in [2.45, 2.75) is 6.18 Å². The molecule has 1 heterocycles. The minimum atomic E-state index is -4.61. The smallest absolute Gasteiger partial charge is 0.255 e. The summed E-state index contributed by atoms with van der Waals surface area (Å²) in [5, 5.41) is 0. The molecule has 0 saturated heterocycles. The summed E-state index contributed by atoms with van der Waals surface area (Å²) in [6.45, 7) is -1.64. The number of hydrogen-bond donors (Lipinski definition) is 2. The van der Waals surface area contributed by atoms with Gasteiger partial charge in [0.2, 0.25) is 0 Å². The summed E-state index contributed by atoms with van der Waals surface area (Å²) in [7, 11) is -4.29.